The Balaban J connectivity index is 2.35. The molecule has 2 rings (SSSR count). The van der Waals surface area contributed by atoms with E-state index in [4.69, 9.17) is 23.2 Å². The van der Waals surface area contributed by atoms with Gasteiger partial charge < -0.3 is 0 Å². The van der Waals surface area contributed by atoms with Crippen LogP contribution in [0.5, 0.6) is 0 Å². The molecule has 0 N–H and O–H groups in total. The molecule has 0 aliphatic heterocycles. The van der Waals surface area contributed by atoms with Gasteiger partial charge in [-0.3, -0.25) is 9.36 Å². The summed E-state index contributed by atoms with van der Waals surface area (Å²) in [5.74, 6) is 0. The third kappa shape index (κ3) is 2.43. The Morgan fingerprint density at radius 3 is 2.69 bits per heavy atom. The molecular weight excluding hydrogens is 247 g/mol. The van der Waals surface area contributed by atoms with Crippen molar-refractivity contribution in [1.82, 2.24) is 9.55 Å². The minimum Gasteiger partial charge on any atom is -0.295 e. The number of hydrogen-bond donors (Lipinski definition) is 0. The van der Waals surface area contributed by atoms with Crippen LogP contribution >= 0.6 is 23.2 Å². The first-order valence-electron chi connectivity index (χ1n) is 4.62. The van der Waals surface area contributed by atoms with E-state index in [0.717, 1.165) is 5.56 Å². The summed E-state index contributed by atoms with van der Waals surface area (Å²) in [5.41, 5.74) is 0.676. The monoisotopic (exact) mass is 254 g/mol. The van der Waals surface area contributed by atoms with Crippen LogP contribution in [0.25, 0.3) is 0 Å². The number of nitrogens with zero attached hydrogens (tertiary/aromatic N) is 2. The summed E-state index contributed by atoms with van der Waals surface area (Å²) in [4.78, 5) is 15.4. The van der Waals surface area contributed by atoms with Crippen molar-refractivity contribution in [3.63, 3.8) is 0 Å². The van der Waals surface area contributed by atoms with E-state index in [0.29, 0.717) is 11.6 Å². The van der Waals surface area contributed by atoms with Gasteiger partial charge in [0, 0.05) is 11.1 Å². The molecule has 0 atom stereocenters. The van der Waals surface area contributed by atoms with E-state index in [1.807, 2.05) is 18.2 Å². The van der Waals surface area contributed by atoms with Gasteiger partial charge in [0.05, 0.1) is 12.9 Å². The van der Waals surface area contributed by atoms with Gasteiger partial charge in [0.1, 0.15) is 5.15 Å². The van der Waals surface area contributed by atoms with Gasteiger partial charge in [-0.1, -0.05) is 41.4 Å². The highest BCUT2D eigenvalue weighted by molar-refractivity contribution is 6.31. The molecule has 0 unspecified atom stereocenters. The zero-order valence-corrected chi connectivity index (χ0v) is 9.74. The summed E-state index contributed by atoms with van der Waals surface area (Å²) in [7, 11) is 0. The van der Waals surface area contributed by atoms with Crippen LogP contribution in [0, 0.1) is 0 Å². The topological polar surface area (TPSA) is 34.9 Å². The third-order valence-electron chi connectivity index (χ3n) is 2.14. The van der Waals surface area contributed by atoms with E-state index in [1.54, 1.807) is 6.07 Å². The second-order valence-corrected chi connectivity index (χ2v) is 4.06. The molecule has 1 aromatic heterocycles. The molecule has 82 valence electrons. The maximum atomic E-state index is 11.6. The van der Waals surface area contributed by atoms with Gasteiger partial charge >= 0.3 is 0 Å². The predicted octanol–water partition coefficient (Wildman–Crippen LogP) is 2.60. The zero-order valence-electron chi connectivity index (χ0n) is 8.23. The highest BCUT2D eigenvalue weighted by Gasteiger charge is 2.02. The van der Waals surface area contributed by atoms with Crippen LogP contribution in [0.4, 0.5) is 0 Å². The molecule has 0 saturated carbocycles. The molecule has 0 amide bonds. The quantitative estimate of drug-likeness (QED) is 0.773. The Morgan fingerprint density at radius 2 is 2.00 bits per heavy atom. The van der Waals surface area contributed by atoms with E-state index in [9.17, 15) is 4.79 Å². The van der Waals surface area contributed by atoms with Gasteiger partial charge in [-0.25, -0.2) is 4.98 Å². The summed E-state index contributed by atoms with van der Waals surface area (Å²) in [6.07, 6.45) is 1.41. The minimum atomic E-state index is -0.195. The number of halogens is 2. The van der Waals surface area contributed by atoms with E-state index < -0.39 is 0 Å². The Hall–Kier alpha value is -1.32. The Bertz CT molecular complexity index is 566. The van der Waals surface area contributed by atoms with Crippen molar-refractivity contribution in [1.29, 1.82) is 0 Å². The van der Waals surface area contributed by atoms with Gasteiger partial charge in [-0.15, -0.1) is 0 Å². The number of aromatic nitrogens is 2. The van der Waals surface area contributed by atoms with Crippen molar-refractivity contribution in [3.8, 4) is 0 Å². The molecule has 0 spiro atoms. The molecule has 0 bridgehead atoms. The smallest absolute Gasteiger partial charge is 0.255 e. The molecular formula is C11H8Cl2N2O. The largest absolute Gasteiger partial charge is 0.295 e. The lowest BCUT2D eigenvalue weighted by molar-refractivity contribution is 0.736. The highest BCUT2D eigenvalue weighted by atomic mass is 35.5. The highest BCUT2D eigenvalue weighted by Crippen LogP contribution is 2.15. The van der Waals surface area contributed by atoms with Crippen molar-refractivity contribution < 1.29 is 0 Å². The van der Waals surface area contributed by atoms with Gasteiger partial charge in [0.15, 0.2) is 0 Å². The Labute approximate surface area is 102 Å². The van der Waals surface area contributed by atoms with Crippen LogP contribution in [0.2, 0.25) is 10.2 Å². The lowest BCUT2D eigenvalue weighted by Gasteiger charge is -2.06. The van der Waals surface area contributed by atoms with Crippen LogP contribution in [-0.2, 0) is 6.54 Å². The molecule has 16 heavy (non-hydrogen) atoms. The molecule has 3 nitrogen and oxygen atoms in total. The average Bonchev–Trinajstić information content (AvgIpc) is 2.25. The standard InChI is InChI=1S/C11H8Cl2N2O/c12-9-4-2-1-3-8(9)6-15-7-14-10(13)5-11(15)16/h1-5,7H,6H2. The lowest BCUT2D eigenvalue weighted by atomic mass is 10.2. The summed E-state index contributed by atoms with van der Waals surface area (Å²) >= 11 is 11.6. The second-order valence-electron chi connectivity index (χ2n) is 3.27. The second kappa shape index (κ2) is 4.68. The molecule has 0 fully saturated rings. The molecule has 0 aliphatic rings. The van der Waals surface area contributed by atoms with Gasteiger partial charge in [-0.05, 0) is 11.6 Å². The molecule has 1 heterocycles. The fourth-order valence-corrected chi connectivity index (χ4v) is 1.67. The maximum Gasteiger partial charge on any atom is 0.255 e. The van der Waals surface area contributed by atoms with Crippen LogP contribution in [0.15, 0.2) is 41.5 Å². The number of hydrogen-bond acceptors (Lipinski definition) is 2. The lowest BCUT2D eigenvalue weighted by Crippen LogP contribution is -2.19. The average molecular weight is 255 g/mol. The number of benzene rings is 1. The first-order valence-corrected chi connectivity index (χ1v) is 5.38. The van der Waals surface area contributed by atoms with Crippen molar-refractivity contribution in [2.45, 2.75) is 6.54 Å². The summed E-state index contributed by atoms with van der Waals surface area (Å²) in [6.45, 7) is 0.392. The minimum absolute atomic E-state index is 0.195. The van der Waals surface area contributed by atoms with Crippen LogP contribution < -0.4 is 5.56 Å². The van der Waals surface area contributed by atoms with Crippen LogP contribution in [0.3, 0.4) is 0 Å². The van der Waals surface area contributed by atoms with E-state index in [2.05, 4.69) is 4.98 Å². The van der Waals surface area contributed by atoms with Crippen molar-refractivity contribution >= 4 is 23.2 Å². The van der Waals surface area contributed by atoms with Gasteiger partial charge in [-0.2, -0.15) is 0 Å². The van der Waals surface area contributed by atoms with Crippen molar-refractivity contribution in [3.05, 3.63) is 62.8 Å². The third-order valence-corrected chi connectivity index (χ3v) is 2.72. The number of rotatable bonds is 2. The van der Waals surface area contributed by atoms with Crippen molar-refractivity contribution in [2.75, 3.05) is 0 Å². The SMILES string of the molecule is O=c1cc(Cl)ncn1Cc1ccccc1Cl. The normalized spacial score (nSPS) is 10.4. The Morgan fingerprint density at radius 1 is 1.25 bits per heavy atom. The molecule has 0 radical (unpaired) electrons. The molecule has 1 aromatic carbocycles. The van der Waals surface area contributed by atoms with E-state index in [1.165, 1.54) is 17.0 Å². The summed E-state index contributed by atoms with van der Waals surface area (Å²) in [5, 5.41) is 0.824. The van der Waals surface area contributed by atoms with Gasteiger partial charge in [0.2, 0.25) is 0 Å². The molecule has 0 saturated heterocycles. The van der Waals surface area contributed by atoms with Crippen LogP contribution in [-0.4, -0.2) is 9.55 Å². The Kier molecular flexibility index (Phi) is 3.27. The summed E-state index contributed by atoms with van der Waals surface area (Å²) in [6, 6.07) is 8.64. The molecule has 5 heteroatoms. The molecule has 2 aromatic rings. The first kappa shape index (κ1) is 11.2. The van der Waals surface area contributed by atoms with E-state index in [-0.39, 0.29) is 10.7 Å². The molecule has 0 aliphatic carbocycles. The fourth-order valence-electron chi connectivity index (χ4n) is 1.33. The first-order chi connectivity index (χ1) is 7.66. The fraction of sp³-hybridized carbons (Fsp3) is 0.0909. The zero-order chi connectivity index (χ0) is 11.5. The predicted molar refractivity (Wildman–Crippen MR) is 64.1 cm³/mol. The maximum absolute atomic E-state index is 11.6. The van der Waals surface area contributed by atoms with Crippen LogP contribution in [0.1, 0.15) is 5.56 Å². The van der Waals surface area contributed by atoms with E-state index >= 15 is 0 Å². The van der Waals surface area contributed by atoms with Crippen molar-refractivity contribution in [2.24, 2.45) is 0 Å². The summed E-state index contributed by atoms with van der Waals surface area (Å²) < 4.78 is 1.45. The van der Waals surface area contributed by atoms with Gasteiger partial charge in [0.25, 0.3) is 5.56 Å².